The summed E-state index contributed by atoms with van der Waals surface area (Å²) in [6.45, 7) is 4.39. The van der Waals surface area contributed by atoms with Crippen LogP contribution in [0.5, 0.6) is 0 Å². The second-order valence-corrected chi connectivity index (χ2v) is 6.75. The molecule has 3 atom stereocenters. The molecule has 0 unspecified atom stereocenters. The largest absolute Gasteiger partial charge is 0.244 e. The van der Waals surface area contributed by atoms with Gasteiger partial charge in [0.15, 0.2) is 0 Å². The zero-order valence-electron chi connectivity index (χ0n) is 10.2. The molecule has 1 rings (SSSR count). The van der Waals surface area contributed by atoms with Gasteiger partial charge in [-0.2, -0.15) is 0 Å². The maximum atomic E-state index is 8.70. The van der Waals surface area contributed by atoms with Gasteiger partial charge in [-0.3, -0.25) is 0 Å². The van der Waals surface area contributed by atoms with Crippen LogP contribution in [0.2, 0.25) is 0 Å². The molecule has 0 radical (unpaired) electrons. The smallest absolute Gasteiger partial charge is 0.118 e. The van der Waals surface area contributed by atoms with Crippen LogP contribution < -0.4 is 0 Å². The minimum absolute atomic E-state index is 0.401. The molecule has 0 spiro atoms. The maximum Gasteiger partial charge on any atom is 0.118 e. The van der Waals surface area contributed by atoms with Crippen LogP contribution in [0.1, 0.15) is 13.8 Å². The fraction of sp³-hybridized carbons (Fsp3) is 1.00. The molecule has 0 aromatic carbocycles. The van der Waals surface area contributed by atoms with Crippen molar-refractivity contribution in [2.45, 2.75) is 29.0 Å². The molecule has 1 fully saturated rings. The Bertz CT molecular complexity index is 396. The number of halogens is 1. The van der Waals surface area contributed by atoms with Gasteiger partial charge in [0.1, 0.15) is 6.17 Å². The Hall–Kier alpha value is -0.730. The Balaban J connectivity index is 3.29. The Kier molecular flexibility index (Phi) is 4.11. The molecule has 0 aromatic heterocycles. The standard InChI is InChI=1S/C8H15IN8/c1-7(13-15-11)5-16(3)17(4)6(12-14-10)8(7,2)9/h6H,5H2,1-4H3/t6-,7+,8+/m1/s1. The van der Waals surface area contributed by atoms with E-state index < -0.39 is 15.1 Å². The van der Waals surface area contributed by atoms with E-state index in [2.05, 4.69) is 42.6 Å². The molecule has 1 aliphatic rings. The second-order valence-electron chi connectivity index (χ2n) is 4.51. The molecule has 0 aromatic rings. The lowest BCUT2D eigenvalue weighted by atomic mass is 9.83. The number of nitrogens with zero attached hydrogens (tertiary/aromatic N) is 8. The summed E-state index contributed by atoms with van der Waals surface area (Å²) in [7, 11) is 3.73. The fourth-order valence-electron chi connectivity index (χ4n) is 1.99. The zero-order valence-corrected chi connectivity index (χ0v) is 12.4. The molecule has 17 heavy (non-hydrogen) atoms. The number of rotatable bonds is 2. The predicted octanol–water partition coefficient (Wildman–Crippen LogP) is 2.68. The van der Waals surface area contributed by atoms with Crippen molar-refractivity contribution in [3.8, 4) is 0 Å². The van der Waals surface area contributed by atoms with Crippen molar-refractivity contribution in [2.75, 3.05) is 20.6 Å². The number of likely N-dealkylation sites (N-methyl/N-ethyl adjacent to an activating group) is 1. The van der Waals surface area contributed by atoms with Gasteiger partial charge in [-0.25, -0.2) is 10.0 Å². The fourth-order valence-corrected chi connectivity index (χ4v) is 2.79. The number of hydrogen-bond acceptors (Lipinski definition) is 4. The molecule has 9 heteroatoms. The SMILES string of the molecule is CN1C[C@](C)(N=[N+]=[N-])[C@@](C)(I)[C@H](N=[N+]=[N-])N1C. The quantitative estimate of drug-likeness (QED) is 0.251. The molecule has 0 amide bonds. The van der Waals surface area contributed by atoms with Crippen LogP contribution in [0.3, 0.4) is 0 Å². The molecule has 1 heterocycles. The Morgan fingerprint density at radius 1 is 1.29 bits per heavy atom. The van der Waals surface area contributed by atoms with Crippen LogP contribution in [0.15, 0.2) is 10.2 Å². The monoisotopic (exact) mass is 350 g/mol. The van der Waals surface area contributed by atoms with Crippen molar-refractivity contribution >= 4 is 22.6 Å². The van der Waals surface area contributed by atoms with Gasteiger partial charge in [-0.05, 0) is 18.0 Å². The molecule has 0 bridgehead atoms. The molecule has 1 saturated heterocycles. The normalized spacial score (nSPS) is 39.2. The van der Waals surface area contributed by atoms with Crippen LogP contribution in [0.25, 0.3) is 20.9 Å². The summed E-state index contributed by atoms with van der Waals surface area (Å²) < 4.78 is -0.482. The van der Waals surface area contributed by atoms with Gasteiger partial charge in [0.05, 0.1) is 8.96 Å². The van der Waals surface area contributed by atoms with Gasteiger partial charge in [-0.1, -0.05) is 39.7 Å². The summed E-state index contributed by atoms with van der Waals surface area (Å²) in [4.78, 5) is 5.80. The third-order valence-corrected chi connectivity index (χ3v) is 5.11. The lowest BCUT2D eigenvalue weighted by Crippen LogP contribution is -2.69. The third kappa shape index (κ3) is 2.29. The first kappa shape index (κ1) is 14.3. The summed E-state index contributed by atoms with van der Waals surface area (Å²) in [5.41, 5.74) is 16.7. The Morgan fingerprint density at radius 2 is 1.88 bits per heavy atom. The van der Waals surface area contributed by atoms with Crippen LogP contribution in [-0.4, -0.2) is 45.8 Å². The van der Waals surface area contributed by atoms with Gasteiger partial charge in [0.2, 0.25) is 0 Å². The number of hydrazine groups is 1. The second kappa shape index (κ2) is 4.87. The Labute approximate surface area is 113 Å². The Morgan fingerprint density at radius 3 is 2.35 bits per heavy atom. The van der Waals surface area contributed by atoms with Gasteiger partial charge in [0, 0.05) is 30.5 Å². The van der Waals surface area contributed by atoms with E-state index >= 15 is 0 Å². The first-order valence-electron chi connectivity index (χ1n) is 5.03. The molecule has 0 aliphatic carbocycles. The number of alkyl halides is 1. The molecule has 1 aliphatic heterocycles. The van der Waals surface area contributed by atoms with Crippen LogP contribution >= 0.6 is 22.6 Å². The summed E-state index contributed by atoms with van der Waals surface area (Å²) in [5, 5.41) is 11.5. The maximum absolute atomic E-state index is 8.70. The summed E-state index contributed by atoms with van der Waals surface area (Å²) >= 11 is 2.21. The molecule has 0 N–H and O–H groups in total. The van der Waals surface area contributed by atoms with Crippen molar-refractivity contribution in [2.24, 2.45) is 10.2 Å². The summed E-state index contributed by atoms with van der Waals surface area (Å²) in [6.07, 6.45) is -0.401. The number of hydrogen-bond donors (Lipinski definition) is 0. The predicted molar refractivity (Wildman–Crippen MR) is 73.3 cm³/mol. The number of azide groups is 2. The minimum atomic E-state index is -0.636. The van der Waals surface area contributed by atoms with Gasteiger partial charge in [-0.15, -0.1) is 0 Å². The average molecular weight is 350 g/mol. The average Bonchev–Trinajstić information content (AvgIpc) is 2.23. The summed E-state index contributed by atoms with van der Waals surface area (Å²) in [6, 6.07) is 0. The van der Waals surface area contributed by atoms with Gasteiger partial charge >= 0.3 is 0 Å². The van der Waals surface area contributed by atoms with Crippen LogP contribution in [0.4, 0.5) is 0 Å². The molecule has 0 saturated carbocycles. The zero-order chi connectivity index (χ0) is 13.3. The first-order chi connectivity index (χ1) is 7.80. The molecular formula is C8H15IN8. The highest BCUT2D eigenvalue weighted by atomic mass is 127. The van der Waals surface area contributed by atoms with E-state index in [9.17, 15) is 0 Å². The van der Waals surface area contributed by atoms with Gasteiger partial charge < -0.3 is 0 Å². The first-order valence-corrected chi connectivity index (χ1v) is 6.11. The highest BCUT2D eigenvalue weighted by Crippen LogP contribution is 2.44. The van der Waals surface area contributed by atoms with E-state index in [1.165, 1.54) is 0 Å². The van der Waals surface area contributed by atoms with E-state index in [1.807, 2.05) is 38.0 Å². The van der Waals surface area contributed by atoms with E-state index in [-0.39, 0.29) is 0 Å². The van der Waals surface area contributed by atoms with Crippen molar-refractivity contribution in [1.29, 1.82) is 0 Å². The highest BCUT2D eigenvalue weighted by Gasteiger charge is 2.54. The van der Waals surface area contributed by atoms with Crippen LogP contribution in [-0.2, 0) is 0 Å². The topological polar surface area (TPSA) is 104 Å². The van der Waals surface area contributed by atoms with Crippen molar-refractivity contribution in [3.05, 3.63) is 20.9 Å². The van der Waals surface area contributed by atoms with Crippen LogP contribution in [0, 0.1) is 0 Å². The van der Waals surface area contributed by atoms with Crippen molar-refractivity contribution in [1.82, 2.24) is 10.0 Å². The van der Waals surface area contributed by atoms with Crippen molar-refractivity contribution in [3.63, 3.8) is 0 Å². The minimum Gasteiger partial charge on any atom is -0.244 e. The summed E-state index contributed by atoms with van der Waals surface area (Å²) in [5.74, 6) is 0. The van der Waals surface area contributed by atoms with E-state index in [1.54, 1.807) is 0 Å². The lowest BCUT2D eigenvalue weighted by Gasteiger charge is -2.54. The highest BCUT2D eigenvalue weighted by molar-refractivity contribution is 14.1. The lowest BCUT2D eigenvalue weighted by molar-refractivity contribution is -0.0842. The van der Waals surface area contributed by atoms with Crippen molar-refractivity contribution < 1.29 is 0 Å². The van der Waals surface area contributed by atoms with E-state index in [0.717, 1.165) is 0 Å². The molecular weight excluding hydrogens is 335 g/mol. The van der Waals surface area contributed by atoms with Gasteiger partial charge in [0.25, 0.3) is 0 Å². The van der Waals surface area contributed by atoms with E-state index in [4.69, 9.17) is 11.1 Å². The van der Waals surface area contributed by atoms with E-state index in [0.29, 0.717) is 6.54 Å². The third-order valence-electron chi connectivity index (χ3n) is 3.39. The molecule has 8 nitrogen and oxygen atoms in total. The molecule has 94 valence electrons.